The summed E-state index contributed by atoms with van der Waals surface area (Å²) in [7, 11) is -3.43. The molecule has 0 spiro atoms. The van der Waals surface area contributed by atoms with Crippen molar-refractivity contribution in [2.45, 2.75) is 31.4 Å². The lowest BCUT2D eigenvalue weighted by molar-refractivity contribution is 0.319. The van der Waals surface area contributed by atoms with Crippen LogP contribution in [0.1, 0.15) is 35.4 Å². The molecule has 3 aromatic rings. The van der Waals surface area contributed by atoms with Gasteiger partial charge in [-0.1, -0.05) is 36.4 Å². The average molecular weight is 413 g/mol. The van der Waals surface area contributed by atoms with Gasteiger partial charge in [0, 0.05) is 18.8 Å². The quantitative estimate of drug-likeness (QED) is 0.638. The third-order valence-electron chi connectivity index (χ3n) is 5.89. The minimum atomic E-state index is -3.43. The highest BCUT2D eigenvalue weighted by Gasteiger charge is 2.30. The molecule has 0 unspecified atom stereocenters. The Balaban J connectivity index is 1.54. The molecule has 29 heavy (non-hydrogen) atoms. The van der Waals surface area contributed by atoms with Crippen LogP contribution in [0.4, 0.5) is 10.1 Å². The number of hydrogen-bond acceptors (Lipinski definition) is 3. The zero-order chi connectivity index (χ0) is 20.6. The topological polar surface area (TPSA) is 63.4 Å². The Labute approximate surface area is 171 Å². The number of hydrogen-bond donors (Lipinski definition) is 1. The van der Waals surface area contributed by atoms with Crippen LogP contribution < -0.4 is 5.73 Å². The van der Waals surface area contributed by atoms with Gasteiger partial charge < -0.3 is 5.73 Å². The largest absolute Gasteiger partial charge is 0.398 e. The number of nitrogens with two attached hydrogens (primary N) is 1. The lowest BCUT2D eigenvalue weighted by Crippen LogP contribution is -2.38. The van der Waals surface area contributed by atoms with E-state index in [1.165, 1.54) is 6.07 Å². The fourth-order valence-corrected chi connectivity index (χ4v) is 5.95. The van der Waals surface area contributed by atoms with E-state index in [1.807, 2.05) is 13.0 Å². The Morgan fingerprint density at radius 1 is 1.07 bits per heavy atom. The third-order valence-corrected chi connectivity index (χ3v) is 7.72. The smallest absolute Gasteiger partial charge is 0.218 e. The lowest BCUT2D eigenvalue weighted by atomic mass is 9.84. The first kappa shape index (κ1) is 19.9. The molecule has 6 heteroatoms. The number of nitrogen functional groups attached to an aromatic ring is 1. The van der Waals surface area contributed by atoms with Crippen LogP contribution in [-0.2, 0) is 15.8 Å². The van der Waals surface area contributed by atoms with E-state index in [2.05, 4.69) is 6.07 Å². The number of halogens is 1. The SMILES string of the molecule is Cc1ccc2ccc(F)cc2c1C1CCN(S(=O)(=O)Cc2ccccc2N)CC1. The molecule has 1 aliphatic rings. The van der Waals surface area contributed by atoms with E-state index in [0.717, 1.165) is 34.7 Å². The normalized spacial score (nSPS) is 16.3. The van der Waals surface area contributed by atoms with Gasteiger partial charge in [-0.05, 0) is 71.3 Å². The molecule has 3 aromatic carbocycles. The molecule has 1 fully saturated rings. The second-order valence-corrected chi connectivity index (χ2v) is 9.76. The summed E-state index contributed by atoms with van der Waals surface area (Å²) in [4.78, 5) is 0. The summed E-state index contributed by atoms with van der Waals surface area (Å²) < 4.78 is 41.2. The van der Waals surface area contributed by atoms with Gasteiger partial charge >= 0.3 is 0 Å². The summed E-state index contributed by atoms with van der Waals surface area (Å²) in [5, 5.41) is 1.95. The summed E-state index contributed by atoms with van der Waals surface area (Å²) in [5.41, 5.74) is 9.33. The van der Waals surface area contributed by atoms with Crippen LogP contribution >= 0.6 is 0 Å². The van der Waals surface area contributed by atoms with E-state index < -0.39 is 10.0 Å². The zero-order valence-corrected chi connectivity index (χ0v) is 17.3. The highest BCUT2D eigenvalue weighted by Crippen LogP contribution is 2.36. The molecule has 0 atom stereocenters. The second kappa shape index (κ2) is 7.76. The van der Waals surface area contributed by atoms with Crippen molar-refractivity contribution in [3.05, 3.63) is 77.1 Å². The van der Waals surface area contributed by atoms with E-state index in [9.17, 15) is 12.8 Å². The first-order valence-corrected chi connectivity index (χ1v) is 11.5. The Morgan fingerprint density at radius 2 is 1.76 bits per heavy atom. The number of benzene rings is 3. The Morgan fingerprint density at radius 3 is 2.48 bits per heavy atom. The zero-order valence-electron chi connectivity index (χ0n) is 16.4. The van der Waals surface area contributed by atoms with Gasteiger partial charge in [0.15, 0.2) is 0 Å². The van der Waals surface area contributed by atoms with Crippen molar-refractivity contribution in [3.8, 4) is 0 Å². The maximum atomic E-state index is 13.9. The van der Waals surface area contributed by atoms with Gasteiger partial charge in [0.1, 0.15) is 5.82 Å². The summed E-state index contributed by atoms with van der Waals surface area (Å²) in [5.74, 6) is -0.110. The third kappa shape index (κ3) is 4.00. The highest BCUT2D eigenvalue weighted by atomic mass is 32.2. The Hall–Kier alpha value is -2.44. The van der Waals surface area contributed by atoms with Crippen LogP contribution in [0.5, 0.6) is 0 Å². The summed E-state index contributed by atoms with van der Waals surface area (Å²) >= 11 is 0. The molecule has 4 nitrogen and oxygen atoms in total. The minimum absolute atomic E-state index is 0.0805. The molecule has 152 valence electrons. The van der Waals surface area contributed by atoms with Crippen LogP contribution in [-0.4, -0.2) is 25.8 Å². The first-order chi connectivity index (χ1) is 13.8. The van der Waals surface area contributed by atoms with Gasteiger partial charge in [-0.2, -0.15) is 0 Å². The predicted molar refractivity (Wildman–Crippen MR) is 116 cm³/mol. The molecule has 1 heterocycles. The number of piperidine rings is 1. The fraction of sp³-hybridized carbons (Fsp3) is 0.304. The maximum Gasteiger partial charge on any atom is 0.218 e. The number of fused-ring (bicyclic) bond motifs is 1. The molecule has 0 aliphatic carbocycles. The van der Waals surface area contributed by atoms with Gasteiger partial charge in [-0.3, -0.25) is 0 Å². The van der Waals surface area contributed by atoms with Gasteiger partial charge in [0.25, 0.3) is 0 Å². The van der Waals surface area contributed by atoms with Crippen molar-refractivity contribution in [3.63, 3.8) is 0 Å². The number of para-hydroxylation sites is 1. The fourth-order valence-electron chi connectivity index (χ4n) is 4.34. The molecule has 0 radical (unpaired) electrons. The molecule has 2 N–H and O–H groups in total. The Bertz CT molecular complexity index is 1150. The average Bonchev–Trinajstić information content (AvgIpc) is 2.69. The number of sulfonamides is 1. The van der Waals surface area contributed by atoms with Crippen LogP contribution in [0.2, 0.25) is 0 Å². The van der Waals surface area contributed by atoms with E-state index in [1.54, 1.807) is 40.7 Å². The summed E-state index contributed by atoms with van der Waals surface area (Å²) in [6.07, 6.45) is 1.44. The minimum Gasteiger partial charge on any atom is -0.398 e. The molecule has 0 saturated carbocycles. The van der Waals surface area contributed by atoms with E-state index in [4.69, 9.17) is 5.73 Å². The van der Waals surface area contributed by atoms with Crippen molar-refractivity contribution in [1.29, 1.82) is 0 Å². The molecule has 1 aliphatic heterocycles. The monoisotopic (exact) mass is 412 g/mol. The number of aryl methyl sites for hydroxylation is 1. The highest BCUT2D eigenvalue weighted by molar-refractivity contribution is 7.88. The van der Waals surface area contributed by atoms with Crippen molar-refractivity contribution < 1.29 is 12.8 Å². The van der Waals surface area contributed by atoms with Gasteiger partial charge in [-0.25, -0.2) is 17.1 Å². The van der Waals surface area contributed by atoms with Crippen LogP contribution in [0.3, 0.4) is 0 Å². The predicted octanol–water partition coefficient (Wildman–Crippen LogP) is 4.58. The molecule has 0 amide bonds. The van der Waals surface area contributed by atoms with Gasteiger partial charge in [0.05, 0.1) is 5.75 Å². The van der Waals surface area contributed by atoms with Crippen LogP contribution in [0.15, 0.2) is 54.6 Å². The molecular formula is C23H25FN2O2S. The molecule has 1 saturated heterocycles. The summed E-state index contributed by atoms with van der Waals surface area (Å²) in [6, 6.07) is 16.0. The molecule has 0 bridgehead atoms. The van der Waals surface area contributed by atoms with Crippen LogP contribution in [0.25, 0.3) is 10.8 Å². The van der Waals surface area contributed by atoms with Crippen molar-refractivity contribution >= 4 is 26.5 Å². The number of anilines is 1. The van der Waals surface area contributed by atoms with Crippen molar-refractivity contribution in [1.82, 2.24) is 4.31 Å². The maximum absolute atomic E-state index is 13.9. The van der Waals surface area contributed by atoms with Gasteiger partial charge in [-0.15, -0.1) is 0 Å². The van der Waals surface area contributed by atoms with Crippen molar-refractivity contribution in [2.24, 2.45) is 0 Å². The van der Waals surface area contributed by atoms with Crippen molar-refractivity contribution in [2.75, 3.05) is 18.8 Å². The Kier molecular flexibility index (Phi) is 5.32. The lowest BCUT2D eigenvalue weighted by Gasteiger charge is -2.32. The standard InChI is InChI=1S/C23H25FN2O2S/c1-16-6-7-17-8-9-20(24)14-21(17)23(16)18-10-12-26(13-11-18)29(27,28)15-19-4-2-3-5-22(19)25/h2-9,14,18H,10-13,15,25H2,1H3. The van der Waals surface area contributed by atoms with E-state index in [0.29, 0.717) is 24.3 Å². The molecule has 4 rings (SSSR count). The van der Waals surface area contributed by atoms with Gasteiger partial charge in [0.2, 0.25) is 10.0 Å². The molecule has 0 aromatic heterocycles. The van der Waals surface area contributed by atoms with Crippen LogP contribution in [0, 0.1) is 12.7 Å². The second-order valence-electron chi connectivity index (χ2n) is 7.79. The first-order valence-electron chi connectivity index (χ1n) is 9.85. The number of nitrogens with zero attached hydrogens (tertiary/aromatic N) is 1. The number of rotatable bonds is 4. The summed E-state index contributed by atoms with van der Waals surface area (Å²) in [6.45, 7) is 2.97. The van der Waals surface area contributed by atoms with E-state index >= 15 is 0 Å². The van der Waals surface area contributed by atoms with E-state index in [-0.39, 0.29) is 17.5 Å². The molecular weight excluding hydrogens is 387 g/mol.